The molecule has 0 aliphatic heterocycles. The van der Waals surface area contributed by atoms with E-state index in [9.17, 15) is 4.79 Å². The van der Waals surface area contributed by atoms with Gasteiger partial charge in [-0.3, -0.25) is 9.69 Å². The average molecular weight is 437 g/mol. The van der Waals surface area contributed by atoms with Gasteiger partial charge >= 0.3 is 0 Å². The largest absolute Gasteiger partial charge is 0.322 e. The summed E-state index contributed by atoms with van der Waals surface area (Å²) in [6, 6.07) is 8.71. The van der Waals surface area contributed by atoms with Crippen LogP contribution in [0.1, 0.15) is 83.3 Å². The summed E-state index contributed by atoms with van der Waals surface area (Å²) in [6.07, 6.45) is 4.74. The van der Waals surface area contributed by atoms with E-state index in [0.717, 1.165) is 40.7 Å². The number of fused-ring (bicyclic) bond motifs is 1. The normalized spacial score (nSPS) is 16.5. The third-order valence-corrected chi connectivity index (χ3v) is 6.61. The van der Waals surface area contributed by atoms with E-state index >= 15 is 0 Å². The Morgan fingerprint density at radius 1 is 1.19 bits per heavy atom. The number of pyridine rings is 1. The van der Waals surface area contributed by atoms with E-state index in [1.807, 2.05) is 17.7 Å². The molecule has 4 rings (SSSR count). The van der Waals surface area contributed by atoms with Crippen LogP contribution in [0.5, 0.6) is 0 Å². The lowest BCUT2D eigenvalue weighted by Gasteiger charge is -2.39. The van der Waals surface area contributed by atoms with Crippen LogP contribution in [0.3, 0.4) is 0 Å². The minimum atomic E-state index is -0.217. The summed E-state index contributed by atoms with van der Waals surface area (Å²) in [6.45, 7) is 13.5. The Bertz CT molecular complexity index is 1130. The number of hydrogen-bond donors (Lipinski definition) is 1. The van der Waals surface area contributed by atoms with Crippen LogP contribution in [0, 0.1) is 12.8 Å². The van der Waals surface area contributed by atoms with Crippen LogP contribution in [-0.4, -0.2) is 36.1 Å². The zero-order valence-corrected chi connectivity index (χ0v) is 20.2. The summed E-state index contributed by atoms with van der Waals surface area (Å²) in [5.41, 5.74) is 2.61. The number of nitrogens with one attached hydrogen (secondary N) is 1. The van der Waals surface area contributed by atoms with Gasteiger partial charge in [-0.2, -0.15) is 0 Å². The summed E-state index contributed by atoms with van der Waals surface area (Å²) in [7, 11) is 0. The first-order valence-electron chi connectivity index (χ1n) is 11.8. The molecule has 1 atom stereocenters. The van der Waals surface area contributed by atoms with E-state index in [2.05, 4.69) is 78.2 Å². The molecule has 0 spiro atoms. The van der Waals surface area contributed by atoms with Crippen LogP contribution in [-0.2, 0) is 12.1 Å². The second kappa shape index (κ2) is 8.77. The quantitative estimate of drug-likeness (QED) is 0.605. The van der Waals surface area contributed by atoms with Crippen molar-refractivity contribution in [2.24, 2.45) is 5.92 Å². The van der Waals surface area contributed by atoms with Crippen LogP contribution in [0.15, 0.2) is 29.1 Å². The maximum absolute atomic E-state index is 13.1. The van der Waals surface area contributed by atoms with Crippen LogP contribution in [0.2, 0.25) is 0 Å². The molecule has 2 aromatic heterocycles. The zero-order valence-electron chi connectivity index (χ0n) is 20.2. The molecule has 1 unspecified atom stereocenters. The maximum Gasteiger partial charge on any atom is 0.252 e. The summed E-state index contributed by atoms with van der Waals surface area (Å²) in [4.78, 5) is 18.7. The van der Waals surface area contributed by atoms with E-state index in [1.165, 1.54) is 12.8 Å². The fourth-order valence-electron chi connectivity index (χ4n) is 5.05. The van der Waals surface area contributed by atoms with E-state index < -0.39 is 0 Å². The minimum Gasteiger partial charge on any atom is -0.322 e. The molecular weight excluding hydrogens is 400 g/mol. The lowest BCUT2D eigenvalue weighted by atomic mass is 9.96. The van der Waals surface area contributed by atoms with Gasteiger partial charge in [-0.1, -0.05) is 38.8 Å². The number of tetrazole rings is 1. The molecule has 0 amide bonds. The third-order valence-electron chi connectivity index (χ3n) is 6.61. The van der Waals surface area contributed by atoms with E-state index in [4.69, 9.17) is 0 Å². The summed E-state index contributed by atoms with van der Waals surface area (Å²) < 4.78 is 1.95. The third kappa shape index (κ3) is 4.49. The Labute approximate surface area is 190 Å². The highest BCUT2D eigenvalue weighted by Gasteiger charge is 2.37. The number of nitrogens with zero attached hydrogens (tertiary/aromatic N) is 5. The van der Waals surface area contributed by atoms with Gasteiger partial charge in [0.25, 0.3) is 5.56 Å². The monoisotopic (exact) mass is 436 g/mol. The molecule has 3 aromatic rings. The highest BCUT2D eigenvalue weighted by atomic mass is 16.1. The minimum absolute atomic E-state index is 0.0102. The Morgan fingerprint density at radius 2 is 1.91 bits per heavy atom. The van der Waals surface area contributed by atoms with E-state index in [1.54, 1.807) is 0 Å². The van der Waals surface area contributed by atoms with Gasteiger partial charge in [-0.25, -0.2) is 4.68 Å². The molecule has 7 heteroatoms. The Balaban J connectivity index is 1.78. The van der Waals surface area contributed by atoms with E-state index in [0.29, 0.717) is 18.5 Å². The fraction of sp³-hybridized carbons (Fsp3) is 0.600. The highest BCUT2D eigenvalue weighted by Crippen LogP contribution is 2.36. The molecule has 1 fully saturated rings. The second-order valence-corrected chi connectivity index (χ2v) is 10.6. The standard InChI is InChI=1S/C25H36N6O/c1-16(2)22(23-27-28-29-31(23)25(4,5)6)30(20-9-7-8-10-20)15-19-14-18-12-11-17(3)13-21(18)26-24(19)32/h11-14,16,20,22H,7-10,15H2,1-6H3,(H,26,32). The Morgan fingerprint density at radius 3 is 2.56 bits per heavy atom. The first-order valence-corrected chi connectivity index (χ1v) is 11.8. The van der Waals surface area contributed by atoms with Crippen molar-refractivity contribution in [1.82, 2.24) is 30.1 Å². The molecule has 1 aliphatic rings. The number of hydrogen-bond acceptors (Lipinski definition) is 5. The number of rotatable bonds is 6. The van der Waals surface area contributed by atoms with Crippen molar-refractivity contribution in [2.75, 3.05) is 0 Å². The van der Waals surface area contributed by atoms with Crippen LogP contribution < -0.4 is 5.56 Å². The second-order valence-electron chi connectivity index (χ2n) is 10.6. The van der Waals surface area contributed by atoms with Gasteiger partial charge in [-0.05, 0) is 80.0 Å². The molecule has 1 aliphatic carbocycles. The van der Waals surface area contributed by atoms with Gasteiger partial charge in [0.05, 0.1) is 11.6 Å². The number of aromatic nitrogens is 5. The predicted octanol–water partition coefficient (Wildman–Crippen LogP) is 4.72. The van der Waals surface area contributed by atoms with Gasteiger partial charge in [0.15, 0.2) is 5.82 Å². The molecule has 0 saturated heterocycles. The fourth-order valence-corrected chi connectivity index (χ4v) is 5.05. The van der Waals surface area contributed by atoms with Crippen molar-refractivity contribution in [3.05, 3.63) is 51.6 Å². The first-order chi connectivity index (χ1) is 15.1. The van der Waals surface area contributed by atoms with Gasteiger partial charge in [-0.15, -0.1) is 5.10 Å². The van der Waals surface area contributed by atoms with Crippen molar-refractivity contribution in [2.45, 2.75) is 91.4 Å². The number of H-pyrrole nitrogens is 1. The molecule has 32 heavy (non-hydrogen) atoms. The van der Waals surface area contributed by atoms with Crippen LogP contribution in [0.25, 0.3) is 10.9 Å². The smallest absolute Gasteiger partial charge is 0.252 e. The van der Waals surface area contributed by atoms with Crippen molar-refractivity contribution >= 4 is 10.9 Å². The average Bonchev–Trinajstić information content (AvgIpc) is 3.39. The summed E-state index contributed by atoms with van der Waals surface area (Å²) >= 11 is 0. The number of aromatic amines is 1. The van der Waals surface area contributed by atoms with Gasteiger partial charge < -0.3 is 4.98 Å². The summed E-state index contributed by atoms with van der Waals surface area (Å²) in [5, 5.41) is 13.9. The van der Waals surface area contributed by atoms with Crippen molar-refractivity contribution in [3.63, 3.8) is 0 Å². The zero-order chi connectivity index (χ0) is 23.0. The summed E-state index contributed by atoms with van der Waals surface area (Å²) in [5.74, 6) is 1.18. The molecule has 1 aromatic carbocycles. The van der Waals surface area contributed by atoms with Crippen molar-refractivity contribution in [3.8, 4) is 0 Å². The Hall–Kier alpha value is -2.54. The highest BCUT2D eigenvalue weighted by molar-refractivity contribution is 5.79. The molecule has 1 N–H and O–H groups in total. The number of aryl methyl sites for hydroxylation is 1. The van der Waals surface area contributed by atoms with Crippen LogP contribution >= 0.6 is 0 Å². The van der Waals surface area contributed by atoms with Gasteiger partial charge in [0, 0.05) is 23.7 Å². The van der Waals surface area contributed by atoms with Gasteiger partial charge in [0.2, 0.25) is 0 Å². The first kappa shape index (κ1) is 22.6. The molecule has 172 valence electrons. The van der Waals surface area contributed by atoms with Crippen molar-refractivity contribution < 1.29 is 0 Å². The van der Waals surface area contributed by atoms with Crippen molar-refractivity contribution in [1.29, 1.82) is 0 Å². The molecular formula is C25H36N6O. The number of benzene rings is 1. The SMILES string of the molecule is Cc1ccc2cc(CN(C3CCCC3)C(c3nnnn3C(C)(C)C)C(C)C)c(=O)[nH]c2c1. The lowest BCUT2D eigenvalue weighted by Crippen LogP contribution is -2.42. The van der Waals surface area contributed by atoms with E-state index in [-0.39, 0.29) is 17.1 Å². The molecule has 0 bridgehead atoms. The molecule has 1 saturated carbocycles. The lowest BCUT2D eigenvalue weighted by molar-refractivity contribution is 0.0802. The molecule has 7 nitrogen and oxygen atoms in total. The molecule has 2 heterocycles. The van der Waals surface area contributed by atoms with Crippen LogP contribution in [0.4, 0.5) is 0 Å². The topological polar surface area (TPSA) is 79.7 Å². The molecule has 0 radical (unpaired) electrons. The maximum atomic E-state index is 13.1. The predicted molar refractivity (Wildman–Crippen MR) is 127 cm³/mol. The van der Waals surface area contributed by atoms with Gasteiger partial charge in [0.1, 0.15) is 0 Å². The Kier molecular flexibility index (Phi) is 6.21.